The molecule has 1 aliphatic heterocycles. The highest BCUT2D eigenvalue weighted by molar-refractivity contribution is 5.70. The minimum absolute atomic E-state index is 0.306. The van der Waals surface area contributed by atoms with Crippen molar-refractivity contribution in [3.63, 3.8) is 0 Å². The van der Waals surface area contributed by atoms with Crippen molar-refractivity contribution in [2.24, 2.45) is 5.92 Å². The van der Waals surface area contributed by atoms with E-state index in [9.17, 15) is 4.79 Å². The molecule has 1 N–H and O–H groups in total. The largest absolute Gasteiger partial charge is 0.481 e. The Hall–Kier alpha value is -2.28. The second-order valence-corrected chi connectivity index (χ2v) is 5.17. The van der Waals surface area contributed by atoms with Gasteiger partial charge in [0.1, 0.15) is 0 Å². The lowest BCUT2D eigenvalue weighted by Gasteiger charge is -2.29. The number of carboxylic acid groups (broad SMARTS) is 1. The van der Waals surface area contributed by atoms with Crippen LogP contribution in [-0.4, -0.2) is 44.2 Å². The van der Waals surface area contributed by atoms with Crippen LogP contribution in [0.5, 0.6) is 0 Å². The molecule has 2 aromatic rings. The first-order valence-electron chi connectivity index (χ1n) is 6.90. The molecule has 0 spiro atoms. The van der Waals surface area contributed by atoms with E-state index < -0.39 is 5.97 Å². The summed E-state index contributed by atoms with van der Waals surface area (Å²) in [6, 6.07) is 3.68. The maximum Gasteiger partial charge on any atom is 0.307 e. The van der Waals surface area contributed by atoms with Gasteiger partial charge in [-0.15, -0.1) is 0 Å². The molecule has 0 bridgehead atoms. The highest BCUT2D eigenvalue weighted by atomic mass is 16.5. The minimum atomic E-state index is -0.735. The fourth-order valence-electron chi connectivity index (χ4n) is 2.52. The number of nitrogens with zero attached hydrogens (tertiary/aromatic N) is 4. The number of piperidine rings is 1. The Kier molecular flexibility index (Phi) is 3.92. The standard InChI is InChI=1S/C14H16N4O3/c19-14(20)11-4-2-6-18(8-11)9-12-16-13(17-21-12)10-3-1-5-15-7-10/h1,3,5,7,11H,2,4,6,8-9H2,(H,19,20). The van der Waals surface area contributed by atoms with Crippen molar-refractivity contribution < 1.29 is 14.4 Å². The summed E-state index contributed by atoms with van der Waals surface area (Å²) < 4.78 is 5.24. The van der Waals surface area contributed by atoms with Gasteiger partial charge >= 0.3 is 5.97 Å². The van der Waals surface area contributed by atoms with Crippen molar-refractivity contribution in [3.05, 3.63) is 30.4 Å². The van der Waals surface area contributed by atoms with Gasteiger partial charge in [-0.3, -0.25) is 14.7 Å². The molecule has 1 fully saturated rings. The molecule has 0 aromatic carbocycles. The number of hydrogen-bond donors (Lipinski definition) is 1. The number of carboxylic acids is 1. The quantitative estimate of drug-likeness (QED) is 0.909. The van der Waals surface area contributed by atoms with Gasteiger partial charge in [0.25, 0.3) is 0 Å². The van der Waals surface area contributed by atoms with Gasteiger partial charge in [-0.25, -0.2) is 0 Å². The van der Waals surface area contributed by atoms with Crippen LogP contribution in [0, 0.1) is 5.92 Å². The number of pyridine rings is 1. The number of carbonyl (C=O) groups is 1. The van der Waals surface area contributed by atoms with Crippen LogP contribution in [0.1, 0.15) is 18.7 Å². The Morgan fingerprint density at radius 2 is 2.43 bits per heavy atom. The zero-order valence-corrected chi connectivity index (χ0v) is 11.5. The van der Waals surface area contributed by atoms with Crippen molar-refractivity contribution in [1.82, 2.24) is 20.0 Å². The van der Waals surface area contributed by atoms with Gasteiger partial charge in [-0.1, -0.05) is 5.16 Å². The molecule has 0 saturated carbocycles. The first-order chi connectivity index (χ1) is 10.2. The summed E-state index contributed by atoms with van der Waals surface area (Å²) >= 11 is 0. The van der Waals surface area contributed by atoms with Crippen LogP contribution in [-0.2, 0) is 11.3 Å². The molecule has 3 rings (SSSR count). The monoisotopic (exact) mass is 288 g/mol. The second kappa shape index (κ2) is 6.01. The van der Waals surface area contributed by atoms with Crippen LogP contribution < -0.4 is 0 Å². The molecular formula is C14H16N4O3. The van der Waals surface area contributed by atoms with Crippen LogP contribution in [0.4, 0.5) is 0 Å². The molecule has 0 aliphatic carbocycles. The van der Waals surface area contributed by atoms with Crippen molar-refractivity contribution in [3.8, 4) is 11.4 Å². The molecule has 110 valence electrons. The molecule has 1 unspecified atom stereocenters. The van der Waals surface area contributed by atoms with Gasteiger partial charge in [0.2, 0.25) is 11.7 Å². The lowest BCUT2D eigenvalue weighted by atomic mass is 9.98. The topological polar surface area (TPSA) is 92.3 Å². The van der Waals surface area contributed by atoms with E-state index in [4.69, 9.17) is 9.63 Å². The van der Waals surface area contributed by atoms with Crippen LogP contribution in [0.2, 0.25) is 0 Å². The molecule has 0 radical (unpaired) electrons. The van der Waals surface area contributed by atoms with Gasteiger partial charge in [0, 0.05) is 24.5 Å². The van der Waals surface area contributed by atoms with Crippen LogP contribution in [0.25, 0.3) is 11.4 Å². The van der Waals surface area contributed by atoms with E-state index in [1.54, 1.807) is 12.4 Å². The van der Waals surface area contributed by atoms with Crippen LogP contribution in [0.3, 0.4) is 0 Å². The fourth-order valence-corrected chi connectivity index (χ4v) is 2.52. The van der Waals surface area contributed by atoms with E-state index in [0.717, 1.165) is 24.9 Å². The molecule has 3 heterocycles. The minimum Gasteiger partial charge on any atom is -0.481 e. The first-order valence-corrected chi connectivity index (χ1v) is 6.90. The molecular weight excluding hydrogens is 272 g/mol. The van der Waals surface area contributed by atoms with Gasteiger partial charge in [-0.05, 0) is 31.5 Å². The molecule has 7 nitrogen and oxygen atoms in total. The summed E-state index contributed by atoms with van der Waals surface area (Å²) in [7, 11) is 0. The molecule has 21 heavy (non-hydrogen) atoms. The zero-order chi connectivity index (χ0) is 14.7. The Labute approximate surface area is 121 Å². The van der Waals surface area contributed by atoms with Crippen molar-refractivity contribution in [2.75, 3.05) is 13.1 Å². The van der Waals surface area contributed by atoms with Crippen LogP contribution in [0.15, 0.2) is 29.0 Å². The summed E-state index contributed by atoms with van der Waals surface area (Å²) in [5.74, 6) is -0.0365. The third kappa shape index (κ3) is 3.25. The number of likely N-dealkylation sites (tertiary alicyclic amines) is 1. The van der Waals surface area contributed by atoms with Gasteiger partial charge < -0.3 is 9.63 Å². The lowest BCUT2D eigenvalue weighted by Crippen LogP contribution is -2.38. The molecule has 1 saturated heterocycles. The van der Waals surface area contributed by atoms with Gasteiger partial charge in [0.15, 0.2) is 0 Å². The third-order valence-electron chi connectivity index (χ3n) is 3.60. The maximum atomic E-state index is 11.1. The van der Waals surface area contributed by atoms with Gasteiger partial charge in [0.05, 0.1) is 12.5 Å². The predicted octanol–water partition coefficient (Wildman–Crippen LogP) is 1.43. The van der Waals surface area contributed by atoms with Crippen LogP contribution >= 0.6 is 0 Å². The Morgan fingerprint density at radius 1 is 1.52 bits per heavy atom. The molecule has 7 heteroatoms. The Bertz CT molecular complexity index is 614. The summed E-state index contributed by atoms with van der Waals surface area (Å²) in [4.78, 5) is 21.5. The Balaban J connectivity index is 1.66. The first kappa shape index (κ1) is 13.7. The average molecular weight is 288 g/mol. The fraction of sp³-hybridized carbons (Fsp3) is 0.429. The van der Waals surface area contributed by atoms with E-state index in [2.05, 4.69) is 15.1 Å². The number of aliphatic carboxylic acids is 1. The second-order valence-electron chi connectivity index (χ2n) is 5.17. The van der Waals surface area contributed by atoms with E-state index in [0.29, 0.717) is 24.8 Å². The lowest BCUT2D eigenvalue weighted by molar-refractivity contribution is -0.143. The maximum absolute atomic E-state index is 11.1. The average Bonchev–Trinajstić information content (AvgIpc) is 2.97. The SMILES string of the molecule is O=C(O)C1CCCN(Cc2nc(-c3cccnc3)no2)C1. The number of hydrogen-bond acceptors (Lipinski definition) is 6. The van der Waals surface area contributed by atoms with E-state index >= 15 is 0 Å². The van der Waals surface area contributed by atoms with Crippen molar-refractivity contribution >= 4 is 5.97 Å². The van der Waals surface area contributed by atoms with E-state index in [-0.39, 0.29) is 5.92 Å². The highest BCUT2D eigenvalue weighted by Crippen LogP contribution is 2.19. The Morgan fingerprint density at radius 3 is 3.19 bits per heavy atom. The van der Waals surface area contributed by atoms with Crippen molar-refractivity contribution in [1.29, 1.82) is 0 Å². The third-order valence-corrected chi connectivity index (χ3v) is 3.60. The van der Waals surface area contributed by atoms with Crippen molar-refractivity contribution in [2.45, 2.75) is 19.4 Å². The molecule has 0 amide bonds. The number of rotatable bonds is 4. The zero-order valence-electron chi connectivity index (χ0n) is 11.5. The smallest absolute Gasteiger partial charge is 0.307 e. The van der Waals surface area contributed by atoms with E-state index in [1.165, 1.54) is 0 Å². The molecule has 1 atom stereocenters. The number of aromatic nitrogens is 3. The summed E-state index contributed by atoms with van der Waals surface area (Å²) in [6.45, 7) is 1.87. The normalized spacial score (nSPS) is 19.5. The van der Waals surface area contributed by atoms with E-state index in [1.807, 2.05) is 17.0 Å². The predicted molar refractivity (Wildman–Crippen MR) is 73.2 cm³/mol. The summed E-state index contributed by atoms with van der Waals surface area (Å²) in [6.07, 6.45) is 4.97. The molecule has 1 aliphatic rings. The van der Waals surface area contributed by atoms with Gasteiger partial charge in [-0.2, -0.15) is 4.98 Å². The highest BCUT2D eigenvalue weighted by Gasteiger charge is 2.26. The summed E-state index contributed by atoms with van der Waals surface area (Å²) in [5, 5.41) is 13.0. The molecule has 2 aromatic heterocycles. The summed E-state index contributed by atoms with van der Waals surface area (Å²) in [5.41, 5.74) is 0.801.